The lowest BCUT2D eigenvalue weighted by molar-refractivity contribution is -0.219. The average Bonchev–Trinajstić information content (AvgIpc) is 2.02. The molecule has 10 heteroatoms. The second kappa shape index (κ2) is 4.99. The van der Waals surface area contributed by atoms with Gasteiger partial charge in [0.1, 0.15) is 0 Å². The first-order chi connectivity index (χ1) is 6.22. The molecule has 0 aromatic heterocycles. The standard InChI is InChI=1S/C4H5F6O3P/c5-1-3(7,8)12-14(11)13-4(9,10)2-6/h14H,1-2H2. The molecule has 0 saturated heterocycles. The van der Waals surface area contributed by atoms with E-state index in [0.29, 0.717) is 0 Å². The van der Waals surface area contributed by atoms with Crippen molar-refractivity contribution in [2.75, 3.05) is 13.3 Å². The van der Waals surface area contributed by atoms with Crippen LogP contribution in [0, 0.1) is 0 Å². The highest BCUT2D eigenvalue weighted by Gasteiger charge is 2.38. The molecule has 0 aromatic rings. The average molecular weight is 246 g/mol. The van der Waals surface area contributed by atoms with Crippen molar-refractivity contribution in [3.05, 3.63) is 0 Å². The van der Waals surface area contributed by atoms with Crippen LogP contribution in [0.5, 0.6) is 0 Å². The zero-order chi connectivity index (χ0) is 11.4. The number of hydrogen-bond donors (Lipinski definition) is 0. The van der Waals surface area contributed by atoms with Crippen LogP contribution < -0.4 is 0 Å². The summed E-state index contributed by atoms with van der Waals surface area (Å²) >= 11 is 0. The summed E-state index contributed by atoms with van der Waals surface area (Å²) in [6, 6.07) is 0. The van der Waals surface area contributed by atoms with Crippen molar-refractivity contribution in [2.24, 2.45) is 0 Å². The quantitative estimate of drug-likeness (QED) is 0.533. The Bertz CT molecular complexity index is 189. The van der Waals surface area contributed by atoms with Crippen LogP contribution in [0.3, 0.4) is 0 Å². The SMILES string of the molecule is O=[PH](OC(F)(F)CF)OC(F)(F)CF. The molecule has 0 aliphatic carbocycles. The molecule has 0 aliphatic rings. The predicted molar refractivity (Wildman–Crippen MR) is 33.0 cm³/mol. The van der Waals surface area contributed by atoms with Gasteiger partial charge < -0.3 is 0 Å². The van der Waals surface area contributed by atoms with Gasteiger partial charge in [0.2, 0.25) is 0 Å². The van der Waals surface area contributed by atoms with Crippen LogP contribution in [-0.2, 0) is 13.6 Å². The Morgan fingerprint density at radius 3 is 1.43 bits per heavy atom. The largest absolute Gasteiger partial charge is 0.390 e. The topological polar surface area (TPSA) is 35.5 Å². The van der Waals surface area contributed by atoms with Gasteiger partial charge in [-0.15, -0.1) is 0 Å². The van der Waals surface area contributed by atoms with Crippen LogP contribution >= 0.6 is 8.25 Å². The van der Waals surface area contributed by atoms with E-state index in [1.165, 1.54) is 0 Å². The first-order valence-corrected chi connectivity index (χ1v) is 4.24. The molecule has 14 heavy (non-hydrogen) atoms. The monoisotopic (exact) mass is 246 g/mol. The molecule has 0 bridgehead atoms. The van der Waals surface area contributed by atoms with Crippen molar-refractivity contribution < 1.29 is 40.0 Å². The van der Waals surface area contributed by atoms with E-state index >= 15 is 0 Å². The van der Waals surface area contributed by atoms with E-state index in [-0.39, 0.29) is 0 Å². The molecule has 0 spiro atoms. The second-order valence-electron chi connectivity index (χ2n) is 2.00. The predicted octanol–water partition coefficient (Wildman–Crippen LogP) is 2.53. The van der Waals surface area contributed by atoms with Crippen molar-refractivity contribution in [3.8, 4) is 0 Å². The van der Waals surface area contributed by atoms with Crippen LogP contribution in [0.1, 0.15) is 0 Å². The van der Waals surface area contributed by atoms with Gasteiger partial charge in [-0.25, -0.2) is 17.8 Å². The molecule has 0 heterocycles. The highest BCUT2D eigenvalue weighted by Crippen LogP contribution is 2.39. The molecular formula is C4H5F6O3P. The van der Waals surface area contributed by atoms with Gasteiger partial charge in [-0.05, 0) is 0 Å². The van der Waals surface area contributed by atoms with Gasteiger partial charge in [0.15, 0.2) is 13.3 Å². The van der Waals surface area contributed by atoms with Gasteiger partial charge in [0, 0.05) is 0 Å². The summed E-state index contributed by atoms with van der Waals surface area (Å²) in [5.74, 6) is 0. The Kier molecular flexibility index (Phi) is 4.90. The fourth-order valence-electron chi connectivity index (χ4n) is 0.319. The third-order valence-corrected chi connectivity index (χ3v) is 1.71. The number of alkyl halides is 6. The fourth-order valence-corrected chi connectivity index (χ4v) is 0.958. The van der Waals surface area contributed by atoms with Crippen molar-refractivity contribution in [3.63, 3.8) is 0 Å². The summed E-state index contributed by atoms with van der Waals surface area (Å²) in [7, 11) is -4.36. The first kappa shape index (κ1) is 13.7. The van der Waals surface area contributed by atoms with Crippen LogP contribution in [0.4, 0.5) is 26.3 Å². The molecule has 0 radical (unpaired) electrons. The van der Waals surface area contributed by atoms with Gasteiger partial charge >= 0.3 is 20.5 Å². The van der Waals surface area contributed by atoms with Gasteiger partial charge in [0.25, 0.3) is 0 Å². The summed E-state index contributed by atoms with van der Waals surface area (Å²) in [6.45, 7) is -4.71. The summed E-state index contributed by atoms with van der Waals surface area (Å²) in [6.07, 6.45) is -8.97. The Balaban J connectivity index is 4.12. The van der Waals surface area contributed by atoms with E-state index in [2.05, 4.69) is 9.05 Å². The molecule has 0 saturated carbocycles. The first-order valence-electron chi connectivity index (χ1n) is 3.02. The molecular weight excluding hydrogens is 241 g/mol. The maximum absolute atomic E-state index is 11.9. The molecule has 0 aliphatic heterocycles. The van der Waals surface area contributed by atoms with Gasteiger partial charge in [-0.1, -0.05) is 0 Å². The lowest BCUT2D eigenvalue weighted by Gasteiger charge is -2.15. The fraction of sp³-hybridized carbons (Fsp3) is 1.00. The van der Waals surface area contributed by atoms with Crippen molar-refractivity contribution >= 4 is 8.25 Å². The third kappa shape index (κ3) is 5.46. The third-order valence-electron chi connectivity index (χ3n) is 0.776. The van der Waals surface area contributed by atoms with Crippen LogP contribution in [0.15, 0.2) is 0 Å². The molecule has 0 amide bonds. The normalized spacial score (nSPS) is 13.6. The van der Waals surface area contributed by atoms with E-state index in [1.54, 1.807) is 0 Å². The highest BCUT2D eigenvalue weighted by molar-refractivity contribution is 7.33. The van der Waals surface area contributed by atoms with Gasteiger partial charge in [0.05, 0.1) is 0 Å². The highest BCUT2D eigenvalue weighted by atomic mass is 31.1. The second-order valence-corrected chi connectivity index (χ2v) is 2.90. The van der Waals surface area contributed by atoms with Crippen molar-refractivity contribution in [1.29, 1.82) is 0 Å². The maximum Gasteiger partial charge on any atom is 0.390 e. The van der Waals surface area contributed by atoms with Crippen LogP contribution in [0.25, 0.3) is 0 Å². The van der Waals surface area contributed by atoms with E-state index in [1.807, 2.05) is 0 Å². The molecule has 86 valence electrons. The van der Waals surface area contributed by atoms with E-state index in [0.717, 1.165) is 0 Å². The van der Waals surface area contributed by atoms with Crippen LogP contribution in [-0.4, -0.2) is 25.6 Å². The molecule has 0 rings (SSSR count). The molecule has 0 aromatic carbocycles. The molecule has 0 fully saturated rings. The number of hydrogen-bond acceptors (Lipinski definition) is 3. The molecule has 0 unspecified atom stereocenters. The smallest absolute Gasteiger partial charge is 0.263 e. The zero-order valence-electron chi connectivity index (χ0n) is 6.41. The molecule has 0 atom stereocenters. The van der Waals surface area contributed by atoms with E-state index in [9.17, 15) is 30.9 Å². The minimum absolute atomic E-state index is 2.35. The Morgan fingerprint density at radius 2 is 1.21 bits per heavy atom. The van der Waals surface area contributed by atoms with Crippen molar-refractivity contribution in [2.45, 2.75) is 12.2 Å². The Hall–Kier alpha value is -0.270. The zero-order valence-corrected chi connectivity index (χ0v) is 7.41. The van der Waals surface area contributed by atoms with E-state index < -0.39 is 33.8 Å². The number of rotatable bonds is 6. The molecule has 0 N–H and O–H groups in total. The summed E-state index contributed by atoms with van der Waals surface area (Å²) in [5, 5.41) is 0. The summed E-state index contributed by atoms with van der Waals surface area (Å²) in [4.78, 5) is 0. The number of halogens is 6. The van der Waals surface area contributed by atoms with Gasteiger partial charge in [-0.2, -0.15) is 17.6 Å². The van der Waals surface area contributed by atoms with Gasteiger partial charge in [-0.3, -0.25) is 4.57 Å². The lowest BCUT2D eigenvalue weighted by atomic mass is 10.7. The Labute approximate surface area is 74.9 Å². The van der Waals surface area contributed by atoms with Crippen molar-refractivity contribution in [1.82, 2.24) is 0 Å². The van der Waals surface area contributed by atoms with Crippen LogP contribution in [0.2, 0.25) is 0 Å². The summed E-state index contributed by atoms with van der Waals surface area (Å²) in [5.41, 5.74) is 0. The maximum atomic E-state index is 11.9. The van der Waals surface area contributed by atoms with E-state index in [4.69, 9.17) is 0 Å². The summed E-state index contributed by atoms with van der Waals surface area (Å²) < 4.78 is 86.5. The minimum Gasteiger partial charge on any atom is -0.263 e. The Morgan fingerprint density at radius 1 is 0.929 bits per heavy atom. The minimum atomic E-state index is -4.48. The molecule has 3 nitrogen and oxygen atoms in total. The lowest BCUT2D eigenvalue weighted by Crippen LogP contribution is -2.24.